The van der Waals surface area contributed by atoms with E-state index in [4.69, 9.17) is 16.3 Å². The van der Waals surface area contributed by atoms with Crippen molar-refractivity contribution in [1.82, 2.24) is 0 Å². The molecule has 0 bridgehead atoms. The van der Waals surface area contributed by atoms with Crippen molar-refractivity contribution in [2.45, 2.75) is 0 Å². The van der Waals surface area contributed by atoms with E-state index in [-0.39, 0.29) is 23.3 Å². The summed E-state index contributed by atoms with van der Waals surface area (Å²) < 4.78 is 4.75. The van der Waals surface area contributed by atoms with Gasteiger partial charge in [-0.15, -0.1) is 0 Å². The maximum atomic E-state index is 11.5. The zero-order chi connectivity index (χ0) is 13.1. The van der Waals surface area contributed by atoms with Gasteiger partial charge < -0.3 is 15.2 Å². The molecule has 0 unspecified atom stereocenters. The van der Waals surface area contributed by atoms with Gasteiger partial charge in [-0.3, -0.25) is 4.79 Å². The van der Waals surface area contributed by atoms with Crippen LogP contribution in [-0.2, 0) is 9.53 Å². The highest BCUT2D eigenvalue weighted by Gasteiger charge is 2.09. The summed E-state index contributed by atoms with van der Waals surface area (Å²) in [5.74, 6) is -0.239. The Morgan fingerprint density at radius 2 is 2.11 bits per heavy atom. The fourth-order valence-electron chi connectivity index (χ4n) is 1.74. The maximum Gasteiger partial charge on any atom is 0.250 e. The van der Waals surface area contributed by atoms with E-state index in [1.54, 1.807) is 30.3 Å². The van der Waals surface area contributed by atoms with Crippen LogP contribution in [0.15, 0.2) is 30.3 Å². The van der Waals surface area contributed by atoms with Gasteiger partial charge in [0.15, 0.2) is 0 Å². The molecule has 0 aliphatic heterocycles. The largest absolute Gasteiger partial charge is 0.506 e. The molecule has 2 aromatic carbocycles. The minimum atomic E-state index is -0.251. The van der Waals surface area contributed by atoms with Gasteiger partial charge >= 0.3 is 0 Å². The van der Waals surface area contributed by atoms with Crippen molar-refractivity contribution < 1.29 is 14.6 Å². The van der Waals surface area contributed by atoms with Crippen LogP contribution >= 0.6 is 11.6 Å². The molecule has 0 aromatic heterocycles. The van der Waals surface area contributed by atoms with Gasteiger partial charge in [-0.2, -0.15) is 0 Å². The second-order valence-corrected chi connectivity index (χ2v) is 4.19. The molecule has 2 N–H and O–H groups in total. The molecular formula is C13H12ClNO3. The van der Waals surface area contributed by atoms with Crippen LogP contribution < -0.4 is 5.32 Å². The number of carbonyl (C=O) groups excluding carboxylic acids is 1. The number of phenols is 1. The number of anilines is 1. The molecule has 4 nitrogen and oxygen atoms in total. The van der Waals surface area contributed by atoms with Gasteiger partial charge in [-0.1, -0.05) is 29.8 Å². The van der Waals surface area contributed by atoms with Crippen molar-refractivity contribution in [1.29, 1.82) is 0 Å². The molecule has 0 aliphatic rings. The van der Waals surface area contributed by atoms with Crippen molar-refractivity contribution in [3.63, 3.8) is 0 Å². The van der Waals surface area contributed by atoms with Gasteiger partial charge in [0.1, 0.15) is 12.4 Å². The molecule has 2 rings (SSSR count). The molecule has 0 saturated carbocycles. The lowest BCUT2D eigenvalue weighted by atomic mass is 10.1. The molecule has 0 fully saturated rings. The molecule has 94 valence electrons. The van der Waals surface area contributed by atoms with Gasteiger partial charge in [0.25, 0.3) is 0 Å². The van der Waals surface area contributed by atoms with E-state index in [2.05, 4.69) is 5.32 Å². The average molecular weight is 266 g/mol. The zero-order valence-corrected chi connectivity index (χ0v) is 10.5. The normalized spacial score (nSPS) is 10.6. The van der Waals surface area contributed by atoms with E-state index < -0.39 is 0 Å². The SMILES string of the molecule is COCC(=O)Nc1cccc2c(O)c(Cl)ccc12. The standard InChI is InChI=1S/C13H12ClNO3/c1-18-7-12(16)15-11-4-2-3-9-8(11)5-6-10(14)13(9)17/h2-6,17H,7H2,1H3,(H,15,16). The molecule has 0 heterocycles. The second kappa shape index (κ2) is 5.25. The molecular weight excluding hydrogens is 254 g/mol. The lowest BCUT2D eigenvalue weighted by Gasteiger charge is -2.10. The van der Waals surface area contributed by atoms with E-state index in [9.17, 15) is 9.90 Å². The molecule has 0 atom stereocenters. The number of hydrogen-bond acceptors (Lipinski definition) is 3. The Kier molecular flexibility index (Phi) is 3.69. The Morgan fingerprint density at radius 1 is 1.33 bits per heavy atom. The molecule has 0 radical (unpaired) electrons. The highest BCUT2D eigenvalue weighted by atomic mass is 35.5. The number of methoxy groups -OCH3 is 1. The van der Waals surface area contributed by atoms with Crippen LogP contribution in [0.5, 0.6) is 5.75 Å². The molecule has 5 heteroatoms. The lowest BCUT2D eigenvalue weighted by molar-refractivity contribution is -0.119. The zero-order valence-electron chi connectivity index (χ0n) is 9.74. The van der Waals surface area contributed by atoms with E-state index in [1.807, 2.05) is 0 Å². The molecule has 0 aliphatic carbocycles. The van der Waals surface area contributed by atoms with Crippen LogP contribution in [0.25, 0.3) is 10.8 Å². The summed E-state index contributed by atoms with van der Waals surface area (Å²) in [4.78, 5) is 11.5. The summed E-state index contributed by atoms with van der Waals surface area (Å²) in [6, 6.07) is 8.57. The first kappa shape index (κ1) is 12.7. The van der Waals surface area contributed by atoms with Crippen LogP contribution in [0.2, 0.25) is 5.02 Å². The number of fused-ring (bicyclic) bond motifs is 1. The van der Waals surface area contributed by atoms with Gasteiger partial charge in [0.2, 0.25) is 5.91 Å². The third kappa shape index (κ3) is 2.39. The smallest absolute Gasteiger partial charge is 0.250 e. The Bertz CT molecular complexity index is 598. The van der Waals surface area contributed by atoms with E-state index in [0.717, 1.165) is 5.39 Å². The van der Waals surface area contributed by atoms with E-state index >= 15 is 0 Å². The van der Waals surface area contributed by atoms with Crippen molar-refractivity contribution in [3.05, 3.63) is 35.4 Å². The predicted molar refractivity (Wildman–Crippen MR) is 71.1 cm³/mol. The Morgan fingerprint density at radius 3 is 2.83 bits per heavy atom. The average Bonchev–Trinajstić information content (AvgIpc) is 2.35. The highest BCUT2D eigenvalue weighted by Crippen LogP contribution is 2.35. The molecule has 0 saturated heterocycles. The molecule has 1 amide bonds. The van der Waals surface area contributed by atoms with Gasteiger partial charge in [0.05, 0.1) is 5.02 Å². The quantitative estimate of drug-likeness (QED) is 0.897. The fourth-order valence-corrected chi connectivity index (χ4v) is 1.91. The number of carbonyl (C=O) groups is 1. The minimum absolute atomic E-state index is 0.0111. The summed E-state index contributed by atoms with van der Waals surface area (Å²) in [6.45, 7) is -0.0179. The summed E-state index contributed by atoms with van der Waals surface area (Å²) in [7, 11) is 1.45. The van der Waals surface area contributed by atoms with Crippen LogP contribution in [0.4, 0.5) is 5.69 Å². The third-order valence-corrected chi connectivity index (χ3v) is 2.84. The van der Waals surface area contributed by atoms with Crippen LogP contribution in [0, 0.1) is 0 Å². The van der Waals surface area contributed by atoms with Crippen LogP contribution in [0.1, 0.15) is 0 Å². The van der Waals surface area contributed by atoms with Crippen LogP contribution in [-0.4, -0.2) is 24.7 Å². The number of aromatic hydroxyl groups is 1. The van der Waals surface area contributed by atoms with Gasteiger partial charge in [-0.25, -0.2) is 0 Å². The second-order valence-electron chi connectivity index (χ2n) is 3.78. The number of hydrogen-bond donors (Lipinski definition) is 2. The number of halogens is 1. The predicted octanol–water partition coefficient (Wildman–Crippen LogP) is 2.78. The molecule has 0 spiro atoms. The fraction of sp³-hybridized carbons (Fsp3) is 0.154. The topological polar surface area (TPSA) is 58.6 Å². The molecule has 18 heavy (non-hydrogen) atoms. The first-order chi connectivity index (χ1) is 8.63. The van der Waals surface area contributed by atoms with Gasteiger partial charge in [0, 0.05) is 23.6 Å². The summed E-state index contributed by atoms with van der Waals surface area (Å²) in [5.41, 5.74) is 0.613. The van der Waals surface area contributed by atoms with Crippen molar-refractivity contribution in [2.75, 3.05) is 19.0 Å². The Balaban J connectivity index is 2.46. The number of ether oxygens (including phenoxy) is 1. The lowest BCUT2D eigenvalue weighted by Crippen LogP contribution is -2.17. The highest BCUT2D eigenvalue weighted by molar-refractivity contribution is 6.33. The summed E-state index contributed by atoms with van der Waals surface area (Å²) >= 11 is 5.84. The first-order valence-electron chi connectivity index (χ1n) is 5.32. The number of phenolic OH excluding ortho intramolecular Hbond substituents is 1. The monoisotopic (exact) mass is 265 g/mol. The third-order valence-electron chi connectivity index (χ3n) is 2.53. The van der Waals surface area contributed by atoms with Crippen molar-refractivity contribution in [2.24, 2.45) is 0 Å². The molecule has 2 aromatic rings. The van der Waals surface area contributed by atoms with E-state index in [0.29, 0.717) is 11.1 Å². The van der Waals surface area contributed by atoms with Gasteiger partial charge in [-0.05, 0) is 12.1 Å². The Hall–Kier alpha value is -1.78. The maximum absolute atomic E-state index is 11.5. The number of nitrogens with one attached hydrogen (secondary N) is 1. The van der Waals surface area contributed by atoms with Crippen molar-refractivity contribution in [3.8, 4) is 5.75 Å². The van der Waals surface area contributed by atoms with Crippen LogP contribution in [0.3, 0.4) is 0 Å². The summed E-state index contributed by atoms with van der Waals surface area (Å²) in [5, 5.41) is 14.2. The summed E-state index contributed by atoms with van der Waals surface area (Å²) in [6.07, 6.45) is 0. The minimum Gasteiger partial charge on any atom is -0.506 e. The number of amides is 1. The Labute approximate surface area is 109 Å². The number of benzene rings is 2. The first-order valence-corrected chi connectivity index (χ1v) is 5.70. The van der Waals surface area contributed by atoms with E-state index in [1.165, 1.54) is 7.11 Å². The van der Waals surface area contributed by atoms with Crippen molar-refractivity contribution >= 4 is 34.0 Å². The number of rotatable bonds is 3.